The predicted octanol–water partition coefficient (Wildman–Crippen LogP) is 6.71. The lowest BCUT2D eigenvalue weighted by molar-refractivity contribution is -0.0190. The molecule has 2 aliphatic heterocycles. The van der Waals surface area contributed by atoms with Gasteiger partial charge in [-0.1, -0.05) is 80.0 Å². The van der Waals surface area contributed by atoms with Crippen LogP contribution in [0.25, 0.3) is 0 Å². The van der Waals surface area contributed by atoms with Crippen LogP contribution >= 0.6 is 11.6 Å². The summed E-state index contributed by atoms with van der Waals surface area (Å²) < 4.78 is 6.43. The number of hydrogen-bond donors (Lipinski definition) is 0. The Bertz CT molecular complexity index is 1060. The summed E-state index contributed by atoms with van der Waals surface area (Å²) in [6.45, 7) is 4.42. The van der Waals surface area contributed by atoms with Gasteiger partial charge < -0.3 is 4.74 Å². The Morgan fingerprint density at radius 2 is 1.69 bits per heavy atom. The lowest BCUT2D eigenvalue weighted by Gasteiger charge is -2.38. The van der Waals surface area contributed by atoms with Crippen molar-refractivity contribution in [2.24, 2.45) is 5.10 Å². The van der Waals surface area contributed by atoms with Crippen LogP contribution in [0.2, 0.25) is 5.02 Å². The number of rotatable bonds is 3. The van der Waals surface area contributed by atoms with Crippen molar-refractivity contribution in [3.63, 3.8) is 0 Å². The summed E-state index contributed by atoms with van der Waals surface area (Å²) in [7, 11) is 0. The molecule has 4 heteroatoms. The molecule has 0 amide bonds. The van der Waals surface area contributed by atoms with E-state index in [1.54, 1.807) is 0 Å². The van der Waals surface area contributed by atoms with Crippen molar-refractivity contribution in [1.82, 2.24) is 5.01 Å². The van der Waals surface area contributed by atoms with Crippen LogP contribution in [0.4, 0.5) is 0 Å². The molecular weight excluding hydrogens is 380 g/mol. The monoisotopic (exact) mass is 402 g/mol. The molecule has 0 spiro atoms. The molecule has 0 N–H and O–H groups in total. The molecule has 0 fully saturated rings. The van der Waals surface area contributed by atoms with Gasteiger partial charge in [0.2, 0.25) is 6.23 Å². The van der Waals surface area contributed by atoms with Crippen molar-refractivity contribution in [2.45, 2.75) is 38.5 Å². The molecule has 0 aromatic heterocycles. The lowest BCUT2D eigenvalue weighted by atomic mass is 9.95. The zero-order valence-electron chi connectivity index (χ0n) is 16.5. The van der Waals surface area contributed by atoms with Gasteiger partial charge in [0.15, 0.2) is 0 Å². The van der Waals surface area contributed by atoms with Gasteiger partial charge in [0.05, 0.1) is 11.8 Å². The van der Waals surface area contributed by atoms with Crippen molar-refractivity contribution in [2.75, 3.05) is 0 Å². The standard InChI is InChI=1S/C25H23ClN2O/c1-16(2)17-7-9-19(10-8-17)25-28-23(21-5-3-4-6-24(21)29-25)15-22(27-28)18-11-13-20(26)14-12-18/h3-14,16,23,25H,15H2,1-2H3/t23-,25-/m0/s1. The van der Waals surface area contributed by atoms with Crippen LogP contribution in [0.5, 0.6) is 5.75 Å². The average molecular weight is 403 g/mol. The Labute approximate surface area is 176 Å². The Kier molecular flexibility index (Phi) is 4.56. The highest BCUT2D eigenvalue weighted by Crippen LogP contribution is 2.47. The Balaban J connectivity index is 1.55. The first-order valence-corrected chi connectivity index (χ1v) is 10.4. The Hall–Kier alpha value is -2.78. The largest absolute Gasteiger partial charge is 0.464 e. The highest BCUT2D eigenvalue weighted by molar-refractivity contribution is 6.30. The maximum atomic E-state index is 6.43. The van der Waals surface area contributed by atoms with Gasteiger partial charge in [-0.3, -0.25) is 0 Å². The maximum Gasteiger partial charge on any atom is 0.213 e. The fourth-order valence-corrected chi connectivity index (χ4v) is 4.24. The van der Waals surface area contributed by atoms with Gasteiger partial charge in [-0.2, -0.15) is 5.10 Å². The number of halogens is 1. The van der Waals surface area contributed by atoms with Crippen molar-refractivity contribution in [3.05, 3.63) is 100 Å². The number of ether oxygens (including phenoxy) is 1. The topological polar surface area (TPSA) is 24.8 Å². The second-order valence-corrected chi connectivity index (χ2v) is 8.42. The highest BCUT2D eigenvalue weighted by atomic mass is 35.5. The average Bonchev–Trinajstić information content (AvgIpc) is 3.19. The van der Waals surface area contributed by atoms with E-state index in [-0.39, 0.29) is 12.3 Å². The molecule has 2 heterocycles. The van der Waals surface area contributed by atoms with E-state index in [4.69, 9.17) is 21.4 Å². The summed E-state index contributed by atoms with van der Waals surface area (Å²) >= 11 is 6.08. The number of fused-ring (bicyclic) bond motifs is 3. The predicted molar refractivity (Wildman–Crippen MR) is 118 cm³/mol. The maximum absolute atomic E-state index is 6.43. The van der Waals surface area contributed by atoms with Crippen LogP contribution in [0.1, 0.15) is 60.7 Å². The smallest absolute Gasteiger partial charge is 0.213 e. The van der Waals surface area contributed by atoms with Gasteiger partial charge in [0, 0.05) is 22.6 Å². The zero-order chi connectivity index (χ0) is 20.0. The Morgan fingerprint density at radius 3 is 2.41 bits per heavy atom. The van der Waals surface area contributed by atoms with E-state index in [1.165, 1.54) is 11.1 Å². The quantitative estimate of drug-likeness (QED) is 0.486. The van der Waals surface area contributed by atoms with Crippen LogP contribution in [0, 0.1) is 0 Å². The highest BCUT2D eigenvalue weighted by Gasteiger charge is 2.40. The molecule has 0 saturated heterocycles. The molecule has 2 aliphatic rings. The summed E-state index contributed by atoms with van der Waals surface area (Å²) in [5, 5.41) is 7.87. The summed E-state index contributed by atoms with van der Waals surface area (Å²) in [5.74, 6) is 1.45. The van der Waals surface area contributed by atoms with Gasteiger partial charge >= 0.3 is 0 Å². The van der Waals surface area contributed by atoms with E-state index in [0.717, 1.165) is 34.0 Å². The molecule has 5 rings (SSSR count). The first-order valence-electron chi connectivity index (χ1n) is 10.1. The molecule has 3 aromatic carbocycles. The van der Waals surface area contributed by atoms with E-state index in [0.29, 0.717) is 5.92 Å². The summed E-state index contributed by atoms with van der Waals surface area (Å²) in [6.07, 6.45) is 0.615. The first kappa shape index (κ1) is 18.3. The summed E-state index contributed by atoms with van der Waals surface area (Å²) in [4.78, 5) is 0. The minimum absolute atomic E-state index is 0.167. The van der Waals surface area contributed by atoms with Gasteiger partial charge in [-0.25, -0.2) is 5.01 Å². The SMILES string of the molecule is CC(C)c1ccc([C@@H]2Oc3ccccc3[C@@H]3CC(c4ccc(Cl)cc4)=NN32)cc1. The van der Waals surface area contributed by atoms with E-state index in [1.807, 2.05) is 30.3 Å². The Morgan fingerprint density at radius 1 is 0.966 bits per heavy atom. The third-order valence-electron chi connectivity index (χ3n) is 5.76. The third-order valence-corrected chi connectivity index (χ3v) is 6.02. The van der Waals surface area contributed by atoms with E-state index < -0.39 is 0 Å². The van der Waals surface area contributed by atoms with Crippen molar-refractivity contribution in [1.29, 1.82) is 0 Å². The van der Waals surface area contributed by atoms with E-state index in [2.05, 4.69) is 61.3 Å². The first-order chi connectivity index (χ1) is 14.1. The number of hydrazone groups is 1. The molecule has 146 valence electrons. The number of benzene rings is 3. The third kappa shape index (κ3) is 3.30. The van der Waals surface area contributed by atoms with Gasteiger partial charge in [-0.05, 0) is 35.2 Å². The molecular formula is C25H23ClN2O. The number of hydrogen-bond acceptors (Lipinski definition) is 3. The molecule has 3 aromatic rings. The number of para-hydroxylation sites is 1. The van der Waals surface area contributed by atoms with Gasteiger partial charge in [0.25, 0.3) is 0 Å². The summed E-state index contributed by atoms with van der Waals surface area (Å²) in [6, 6.07) is 25.1. The molecule has 0 unspecified atom stereocenters. The van der Waals surface area contributed by atoms with E-state index >= 15 is 0 Å². The fraction of sp³-hybridized carbons (Fsp3) is 0.240. The minimum atomic E-state index is -0.235. The van der Waals surface area contributed by atoms with Gasteiger partial charge in [-0.15, -0.1) is 0 Å². The summed E-state index contributed by atoms with van der Waals surface area (Å²) in [5.41, 5.74) is 5.81. The molecule has 0 radical (unpaired) electrons. The molecule has 3 nitrogen and oxygen atoms in total. The van der Waals surface area contributed by atoms with E-state index in [9.17, 15) is 0 Å². The van der Waals surface area contributed by atoms with Crippen LogP contribution in [0.3, 0.4) is 0 Å². The van der Waals surface area contributed by atoms with Crippen molar-refractivity contribution in [3.8, 4) is 5.75 Å². The molecule has 2 atom stereocenters. The van der Waals surface area contributed by atoms with Crippen LogP contribution in [-0.2, 0) is 0 Å². The normalized spacial score (nSPS) is 20.1. The molecule has 0 bridgehead atoms. The molecule has 0 saturated carbocycles. The van der Waals surface area contributed by atoms with Crippen LogP contribution in [-0.4, -0.2) is 10.7 Å². The fourth-order valence-electron chi connectivity index (χ4n) is 4.12. The van der Waals surface area contributed by atoms with Gasteiger partial charge in [0.1, 0.15) is 5.75 Å². The second-order valence-electron chi connectivity index (χ2n) is 7.98. The van der Waals surface area contributed by atoms with Crippen LogP contribution in [0.15, 0.2) is 77.9 Å². The zero-order valence-corrected chi connectivity index (χ0v) is 17.3. The number of nitrogens with zero attached hydrogens (tertiary/aromatic N) is 2. The lowest BCUT2D eigenvalue weighted by Crippen LogP contribution is -2.33. The van der Waals surface area contributed by atoms with Crippen molar-refractivity contribution >= 4 is 17.3 Å². The van der Waals surface area contributed by atoms with Crippen LogP contribution < -0.4 is 4.74 Å². The molecule has 0 aliphatic carbocycles. The van der Waals surface area contributed by atoms with Crippen molar-refractivity contribution < 1.29 is 4.74 Å². The minimum Gasteiger partial charge on any atom is -0.464 e. The second kappa shape index (κ2) is 7.23. The molecule has 29 heavy (non-hydrogen) atoms.